The first-order valence-corrected chi connectivity index (χ1v) is 6.82. The molecule has 0 aliphatic rings. The van der Waals surface area contributed by atoms with Gasteiger partial charge in [-0.3, -0.25) is 10.1 Å². The molecule has 1 N–H and O–H groups in total. The van der Waals surface area contributed by atoms with Gasteiger partial charge in [-0.05, 0) is 28.9 Å². The number of nitro groups is 1. The number of hydrogen-bond acceptors (Lipinski definition) is 5. The number of aryl methyl sites for hydroxylation is 1. The predicted octanol–water partition coefficient (Wildman–Crippen LogP) is 3.73. The van der Waals surface area contributed by atoms with Crippen LogP contribution < -0.4 is 5.32 Å². The average molecular weight is 328 g/mol. The second kappa shape index (κ2) is 5.45. The van der Waals surface area contributed by atoms with Gasteiger partial charge in [0.2, 0.25) is 0 Å². The molecule has 0 unspecified atom stereocenters. The van der Waals surface area contributed by atoms with Gasteiger partial charge in [-0.15, -0.1) is 11.3 Å². The van der Waals surface area contributed by atoms with Crippen LogP contribution in [0.1, 0.15) is 10.6 Å². The maximum Gasteiger partial charge on any atom is 0.270 e. The summed E-state index contributed by atoms with van der Waals surface area (Å²) < 4.78 is 0.680. The molecule has 1 aromatic carbocycles. The van der Waals surface area contributed by atoms with E-state index < -0.39 is 4.92 Å². The van der Waals surface area contributed by atoms with Crippen LogP contribution in [0.5, 0.6) is 0 Å². The Morgan fingerprint density at radius 1 is 1.56 bits per heavy atom. The summed E-state index contributed by atoms with van der Waals surface area (Å²) in [5.41, 5.74) is 3.71. The standard InChI is InChI=1S/C11H10BrN3O2S/c1-7-11(18-6-14-7)5-13-10-3-2-8(15(16)17)4-9(10)12/h2-4,6,13H,5H2,1H3. The van der Waals surface area contributed by atoms with Gasteiger partial charge in [0.15, 0.2) is 0 Å². The minimum atomic E-state index is -0.415. The number of halogens is 1. The number of anilines is 1. The van der Waals surface area contributed by atoms with E-state index in [1.54, 1.807) is 22.9 Å². The summed E-state index contributed by atoms with van der Waals surface area (Å²) in [4.78, 5) is 15.5. The number of nitro benzene ring substituents is 1. The molecule has 0 aliphatic carbocycles. The van der Waals surface area contributed by atoms with E-state index in [1.165, 1.54) is 12.1 Å². The number of thiazole rings is 1. The van der Waals surface area contributed by atoms with Gasteiger partial charge in [0.25, 0.3) is 5.69 Å². The zero-order chi connectivity index (χ0) is 13.1. The molecule has 1 aromatic heterocycles. The smallest absolute Gasteiger partial charge is 0.270 e. The Bertz CT molecular complexity index is 585. The van der Waals surface area contributed by atoms with Crippen LogP contribution in [-0.4, -0.2) is 9.91 Å². The molecule has 0 radical (unpaired) electrons. The second-order valence-electron chi connectivity index (χ2n) is 3.64. The molecule has 0 atom stereocenters. The van der Waals surface area contributed by atoms with Crippen LogP contribution >= 0.6 is 27.3 Å². The maximum absolute atomic E-state index is 10.6. The van der Waals surface area contributed by atoms with E-state index in [4.69, 9.17) is 0 Å². The fraction of sp³-hybridized carbons (Fsp3) is 0.182. The van der Waals surface area contributed by atoms with E-state index >= 15 is 0 Å². The van der Waals surface area contributed by atoms with Crippen molar-refractivity contribution in [1.29, 1.82) is 0 Å². The molecule has 1 heterocycles. The second-order valence-corrected chi connectivity index (χ2v) is 5.43. The fourth-order valence-corrected chi connectivity index (χ4v) is 2.66. The molecule has 94 valence electrons. The van der Waals surface area contributed by atoms with Crippen LogP contribution in [-0.2, 0) is 6.54 Å². The Morgan fingerprint density at radius 3 is 2.89 bits per heavy atom. The first kappa shape index (κ1) is 13.0. The van der Waals surface area contributed by atoms with Crippen molar-refractivity contribution in [2.75, 3.05) is 5.32 Å². The molecule has 7 heteroatoms. The van der Waals surface area contributed by atoms with Crippen molar-refractivity contribution in [2.45, 2.75) is 13.5 Å². The van der Waals surface area contributed by atoms with E-state index in [-0.39, 0.29) is 5.69 Å². The first-order valence-electron chi connectivity index (χ1n) is 5.14. The molecule has 2 aromatic rings. The van der Waals surface area contributed by atoms with Crippen molar-refractivity contribution >= 4 is 38.6 Å². The summed E-state index contributed by atoms with van der Waals surface area (Å²) in [6.45, 7) is 2.62. The van der Waals surface area contributed by atoms with Gasteiger partial charge in [0.05, 0.1) is 22.7 Å². The zero-order valence-electron chi connectivity index (χ0n) is 9.51. The number of hydrogen-bond donors (Lipinski definition) is 1. The SMILES string of the molecule is Cc1ncsc1CNc1ccc([N+](=O)[O-])cc1Br. The van der Waals surface area contributed by atoms with E-state index in [9.17, 15) is 10.1 Å². The fourth-order valence-electron chi connectivity index (χ4n) is 1.43. The maximum atomic E-state index is 10.6. The minimum absolute atomic E-state index is 0.0707. The Morgan fingerprint density at radius 2 is 2.33 bits per heavy atom. The molecule has 0 amide bonds. The Kier molecular flexibility index (Phi) is 3.93. The van der Waals surface area contributed by atoms with Gasteiger partial charge < -0.3 is 5.32 Å². The third-order valence-corrected chi connectivity index (χ3v) is 4.04. The highest BCUT2D eigenvalue weighted by molar-refractivity contribution is 9.10. The predicted molar refractivity (Wildman–Crippen MR) is 75.0 cm³/mol. The lowest BCUT2D eigenvalue weighted by Gasteiger charge is -2.07. The largest absolute Gasteiger partial charge is 0.379 e. The van der Waals surface area contributed by atoms with Gasteiger partial charge in [-0.2, -0.15) is 0 Å². The van der Waals surface area contributed by atoms with Crippen LogP contribution in [0, 0.1) is 17.0 Å². The molecule has 0 bridgehead atoms. The van der Waals surface area contributed by atoms with E-state index in [2.05, 4.69) is 26.2 Å². The van der Waals surface area contributed by atoms with Gasteiger partial charge >= 0.3 is 0 Å². The molecular formula is C11H10BrN3O2S. The lowest BCUT2D eigenvalue weighted by molar-refractivity contribution is -0.384. The number of nitrogens with one attached hydrogen (secondary N) is 1. The zero-order valence-corrected chi connectivity index (χ0v) is 11.9. The van der Waals surface area contributed by atoms with E-state index in [1.807, 2.05) is 6.92 Å². The van der Waals surface area contributed by atoms with Crippen LogP contribution in [0.4, 0.5) is 11.4 Å². The first-order chi connectivity index (χ1) is 8.58. The quantitative estimate of drug-likeness (QED) is 0.686. The van der Waals surface area contributed by atoms with Gasteiger partial charge in [0, 0.05) is 27.2 Å². The molecule has 5 nitrogen and oxygen atoms in total. The molecule has 0 saturated carbocycles. The average Bonchev–Trinajstić information content (AvgIpc) is 2.73. The summed E-state index contributed by atoms with van der Waals surface area (Å²) in [5.74, 6) is 0. The van der Waals surface area contributed by atoms with Gasteiger partial charge in [-0.25, -0.2) is 4.98 Å². The molecule has 0 fully saturated rings. The highest BCUT2D eigenvalue weighted by Gasteiger charge is 2.09. The molecule has 0 aliphatic heterocycles. The van der Waals surface area contributed by atoms with Crippen molar-refractivity contribution in [3.05, 3.63) is 48.9 Å². The third-order valence-electron chi connectivity index (χ3n) is 2.45. The number of non-ortho nitro benzene ring substituents is 1. The Balaban J connectivity index is 2.11. The van der Waals surface area contributed by atoms with Gasteiger partial charge in [-0.1, -0.05) is 0 Å². The van der Waals surface area contributed by atoms with Crippen molar-refractivity contribution < 1.29 is 4.92 Å². The monoisotopic (exact) mass is 327 g/mol. The number of rotatable bonds is 4. The molecule has 0 spiro atoms. The van der Waals surface area contributed by atoms with E-state index in [0.717, 1.165) is 16.3 Å². The van der Waals surface area contributed by atoms with Crippen LogP contribution in [0.15, 0.2) is 28.2 Å². The van der Waals surface area contributed by atoms with Crippen molar-refractivity contribution in [1.82, 2.24) is 4.98 Å². The topological polar surface area (TPSA) is 68.1 Å². The summed E-state index contributed by atoms with van der Waals surface area (Å²) in [7, 11) is 0. The van der Waals surface area contributed by atoms with Crippen molar-refractivity contribution in [3.8, 4) is 0 Å². The Hall–Kier alpha value is -1.47. The molecule has 2 rings (SSSR count). The van der Waals surface area contributed by atoms with Crippen molar-refractivity contribution in [2.24, 2.45) is 0 Å². The number of nitrogens with zero attached hydrogens (tertiary/aromatic N) is 2. The lowest BCUT2D eigenvalue weighted by Crippen LogP contribution is -2.00. The van der Waals surface area contributed by atoms with Crippen LogP contribution in [0.25, 0.3) is 0 Å². The van der Waals surface area contributed by atoms with Crippen LogP contribution in [0.2, 0.25) is 0 Å². The number of aromatic nitrogens is 1. The van der Waals surface area contributed by atoms with Crippen LogP contribution in [0.3, 0.4) is 0 Å². The highest BCUT2D eigenvalue weighted by Crippen LogP contribution is 2.28. The van der Waals surface area contributed by atoms with E-state index in [0.29, 0.717) is 11.0 Å². The summed E-state index contributed by atoms with van der Waals surface area (Å²) in [5, 5.41) is 13.8. The normalized spacial score (nSPS) is 10.3. The summed E-state index contributed by atoms with van der Waals surface area (Å²) >= 11 is 4.90. The van der Waals surface area contributed by atoms with Crippen molar-refractivity contribution in [3.63, 3.8) is 0 Å². The highest BCUT2D eigenvalue weighted by atomic mass is 79.9. The summed E-state index contributed by atoms with van der Waals surface area (Å²) in [6.07, 6.45) is 0. The minimum Gasteiger partial charge on any atom is -0.379 e. The lowest BCUT2D eigenvalue weighted by atomic mass is 10.3. The van der Waals surface area contributed by atoms with Gasteiger partial charge in [0.1, 0.15) is 0 Å². The molecule has 18 heavy (non-hydrogen) atoms. The molecular weight excluding hydrogens is 318 g/mol. The molecule has 0 saturated heterocycles. The Labute approximate surface area is 116 Å². The number of benzene rings is 1. The summed E-state index contributed by atoms with van der Waals surface area (Å²) in [6, 6.07) is 4.66. The third kappa shape index (κ3) is 2.85.